The third-order valence-corrected chi connectivity index (χ3v) is 8.19. The van der Waals surface area contributed by atoms with Crippen molar-refractivity contribution in [2.45, 2.75) is 32.7 Å². The maximum Gasteiger partial charge on any atom is 0.159 e. The van der Waals surface area contributed by atoms with Gasteiger partial charge < -0.3 is 28.7 Å². The van der Waals surface area contributed by atoms with Crippen LogP contribution in [0.15, 0.2) is 60.7 Å². The number of nitriles is 2. The highest BCUT2D eigenvalue weighted by molar-refractivity contribution is 5.79. The lowest BCUT2D eigenvalue weighted by molar-refractivity contribution is -0.213. The minimum atomic E-state index is -0.0464. The molecular weight excluding hydrogens is 576 g/mol. The molecule has 0 N–H and O–H groups in total. The molecule has 2 fully saturated rings. The quantitative estimate of drug-likeness (QED) is 0.0949. The predicted octanol–water partition coefficient (Wildman–Crippen LogP) is 6.60. The Balaban J connectivity index is 1.20. The second-order valence-electron chi connectivity index (χ2n) is 11.2. The summed E-state index contributed by atoms with van der Waals surface area (Å²) in [5, 5.41) is 19.8. The second kappa shape index (κ2) is 16.7. The number of ether oxygens (including phenoxy) is 4. The van der Waals surface area contributed by atoms with Crippen molar-refractivity contribution in [1.29, 1.82) is 10.5 Å². The number of rotatable bonds is 17. The summed E-state index contributed by atoms with van der Waals surface area (Å²) >= 11 is 0. The van der Waals surface area contributed by atoms with Crippen LogP contribution in [0.1, 0.15) is 53.6 Å². The number of benzene rings is 3. The van der Waals surface area contributed by atoms with E-state index >= 15 is 0 Å². The molecule has 0 amide bonds. The molecule has 0 bridgehead atoms. The minimum absolute atomic E-state index is 0.0464. The van der Waals surface area contributed by atoms with Crippen LogP contribution in [0, 0.1) is 22.7 Å². The van der Waals surface area contributed by atoms with Gasteiger partial charge in [0.05, 0.1) is 56.3 Å². The lowest BCUT2D eigenvalue weighted by atomic mass is 9.97. The zero-order valence-corrected chi connectivity index (χ0v) is 26.7. The van der Waals surface area contributed by atoms with Crippen LogP contribution >= 0.6 is 0 Å². The number of epoxide rings is 1. The summed E-state index contributed by atoms with van der Waals surface area (Å²) in [6, 6.07) is 24.8. The molecule has 3 aromatic rings. The largest absolute Gasteiger partial charge is 0.377 e. The van der Waals surface area contributed by atoms with Gasteiger partial charge >= 0.3 is 0 Å². The Hall–Kier alpha value is -4.44. The minimum Gasteiger partial charge on any atom is -0.377 e. The first-order chi connectivity index (χ1) is 22.6. The summed E-state index contributed by atoms with van der Waals surface area (Å²) in [6.07, 6.45) is 8.94. The molecule has 2 heterocycles. The first-order valence-corrected chi connectivity index (χ1v) is 16.1. The van der Waals surface area contributed by atoms with Gasteiger partial charge in [0.25, 0.3) is 0 Å². The van der Waals surface area contributed by atoms with Crippen LogP contribution < -0.4 is 9.80 Å². The fourth-order valence-electron chi connectivity index (χ4n) is 5.20. The first kappa shape index (κ1) is 32.9. The molecule has 2 aliphatic rings. The maximum absolute atomic E-state index is 9.92. The van der Waals surface area contributed by atoms with Gasteiger partial charge in [-0.2, -0.15) is 10.5 Å². The number of nitrogens with zero attached hydrogens (tertiary/aromatic N) is 4. The van der Waals surface area contributed by atoms with Gasteiger partial charge in [0.15, 0.2) is 6.29 Å². The number of hydrogen-bond donors (Lipinski definition) is 0. The van der Waals surface area contributed by atoms with E-state index in [2.05, 4.69) is 84.3 Å². The zero-order valence-electron chi connectivity index (χ0n) is 26.7. The predicted molar refractivity (Wildman–Crippen MR) is 183 cm³/mol. The summed E-state index contributed by atoms with van der Waals surface area (Å²) in [4.78, 5) is 4.54. The SMILES string of the molecule is CCN(CCOCC1CO1)c1ccc(/C=C/c2cc(C#N)c(/C=C/c3ccc(N(CC)CCOC4CCO4)cc3)cc2C#N)cc1. The van der Waals surface area contributed by atoms with Crippen LogP contribution in [0.2, 0.25) is 0 Å². The van der Waals surface area contributed by atoms with E-state index in [1.54, 1.807) is 12.1 Å². The van der Waals surface area contributed by atoms with Gasteiger partial charge in [-0.25, -0.2) is 0 Å². The van der Waals surface area contributed by atoms with Gasteiger partial charge in [0, 0.05) is 44.0 Å². The van der Waals surface area contributed by atoms with Crippen molar-refractivity contribution >= 4 is 35.7 Å². The van der Waals surface area contributed by atoms with E-state index in [0.717, 1.165) is 68.3 Å². The molecule has 46 heavy (non-hydrogen) atoms. The standard InChI is InChI=1S/C38H42N4O4/c1-3-41(18-21-43-27-37-28-46-37)35-13-7-29(8-14-35)5-11-31-23-34(26-40)32(24-33(31)25-39)12-6-30-9-15-36(16-10-30)42(4-2)19-22-45-38-17-20-44-38/h5-16,23-24,37-38H,3-4,17-22,27-28H2,1-2H3/b11-5+,12-6+. The smallest absolute Gasteiger partial charge is 0.159 e. The molecule has 2 aliphatic heterocycles. The van der Waals surface area contributed by atoms with Gasteiger partial charge in [-0.05, 0) is 72.5 Å². The second-order valence-corrected chi connectivity index (χ2v) is 11.2. The van der Waals surface area contributed by atoms with Crippen LogP contribution in [0.3, 0.4) is 0 Å². The van der Waals surface area contributed by atoms with E-state index < -0.39 is 0 Å². The van der Waals surface area contributed by atoms with Gasteiger partial charge in [0.1, 0.15) is 6.10 Å². The average Bonchev–Trinajstić information content (AvgIpc) is 3.91. The monoisotopic (exact) mass is 618 g/mol. The Morgan fingerprint density at radius 2 is 1.26 bits per heavy atom. The number of hydrogen-bond acceptors (Lipinski definition) is 8. The van der Waals surface area contributed by atoms with E-state index in [1.807, 2.05) is 24.3 Å². The molecule has 238 valence electrons. The highest BCUT2D eigenvalue weighted by atomic mass is 16.7. The fourth-order valence-corrected chi connectivity index (χ4v) is 5.20. The van der Waals surface area contributed by atoms with Crippen LogP contribution in [-0.2, 0) is 18.9 Å². The van der Waals surface area contributed by atoms with E-state index in [9.17, 15) is 10.5 Å². The van der Waals surface area contributed by atoms with Gasteiger partial charge in [-0.15, -0.1) is 0 Å². The maximum atomic E-state index is 9.92. The van der Waals surface area contributed by atoms with Crippen molar-refractivity contribution in [2.75, 3.05) is 69.0 Å². The molecule has 8 nitrogen and oxygen atoms in total. The molecule has 5 rings (SSSR count). The Bertz CT molecular complexity index is 1560. The van der Waals surface area contributed by atoms with Gasteiger partial charge in [0.2, 0.25) is 0 Å². The van der Waals surface area contributed by atoms with E-state index in [-0.39, 0.29) is 12.4 Å². The van der Waals surface area contributed by atoms with Crippen molar-refractivity contribution in [2.24, 2.45) is 0 Å². The zero-order chi connectivity index (χ0) is 32.1. The molecular formula is C38H42N4O4. The van der Waals surface area contributed by atoms with Crippen molar-refractivity contribution in [3.05, 3.63) is 94.0 Å². The fraction of sp³-hybridized carbons (Fsp3) is 0.368. The van der Waals surface area contributed by atoms with Crippen LogP contribution in [-0.4, -0.2) is 71.6 Å². The topological polar surface area (TPSA) is 94.3 Å². The number of anilines is 2. The third kappa shape index (κ3) is 9.29. The summed E-state index contributed by atoms with van der Waals surface area (Å²) < 4.78 is 22.0. The third-order valence-electron chi connectivity index (χ3n) is 8.19. The van der Waals surface area contributed by atoms with E-state index in [4.69, 9.17) is 18.9 Å². The Labute approximate surface area is 272 Å². The normalized spacial score (nSPS) is 17.0. The van der Waals surface area contributed by atoms with E-state index in [0.29, 0.717) is 42.1 Å². The molecule has 0 radical (unpaired) electrons. The Morgan fingerprint density at radius 1 is 0.761 bits per heavy atom. The number of likely N-dealkylation sites (N-methyl/N-ethyl adjacent to an activating group) is 2. The Kier molecular flexibility index (Phi) is 12.0. The van der Waals surface area contributed by atoms with Crippen LogP contribution in [0.4, 0.5) is 11.4 Å². The molecule has 2 unspecified atom stereocenters. The summed E-state index contributed by atoms with van der Waals surface area (Å²) in [5.74, 6) is 0. The van der Waals surface area contributed by atoms with Crippen LogP contribution in [0.25, 0.3) is 24.3 Å². The lowest BCUT2D eigenvalue weighted by Gasteiger charge is -2.28. The van der Waals surface area contributed by atoms with Crippen molar-refractivity contribution in [3.8, 4) is 12.1 Å². The van der Waals surface area contributed by atoms with Crippen molar-refractivity contribution < 1.29 is 18.9 Å². The molecule has 0 spiro atoms. The van der Waals surface area contributed by atoms with Crippen molar-refractivity contribution in [3.63, 3.8) is 0 Å². The summed E-state index contributed by atoms with van der Waals surface area (Å²) in [5.41, 5.74) is 6.74. The Morgan fingerprint density at radius 3 is 1.67 bits per heavy atom. The van der Waals surface area contributed by atoms with Crippen molar-refractivity contribution in [1.82, 2.24) is 0 Å². The first-order valence-electron chi connectivity index (χ1n) is 16.1. The lowest BCUT2D eigenvalue weighted by Crippen LogP contribution is -2.34. The molecule has 0 aromatic heterocycles. The summed E-state index contributed by atoms with van der Waals surface area (Å²) in [6.45, 7) is 11.2. The molecule has 0 saturated carbocycles. The summed E-state index contributed by atoms with van der Waals surface area (Å²) in [7, 11) is 0. The van der Waals surface area contributed by atoms with Gasteiger partial charge in [-0.3, -0.25) is 0 Å². The highest BCUT2D eigenvalue weighted by Gasteiger charge is 2.22. The van der Waals surface area contributed by atoms with E-state index in [1.165, 1.54) is 0 Å². The van der Waals surface area contributed by atoms with Crippen LogP contribution in [0.5, 0.6) is 0 Å². The molecule has 8 heteroatoms. The van der Waals surface area contributed by atoms with Gasteiger partial charge in [-0.1, -0.05) is 48.6 Å². The average molecular weight is 619 g/mol. The highest BCUT2D eigenvalue weighted by Crippen LogP contribution is 2.23. The molecule has 0 aliphatic carbocycles. The molecule has 2 saturated heterocycles. The molecule has 2 atom stereocenters. The molecule has 3 aromatic carbocycles.